The van der Waals surface area contributed by atoms with E-state index < -0.39 is 12.2 Å². The zero-order valence-electron chi connectivity index (χ0n) is 16.6. The van der Waals surface area contributed by atoms with Crippen molar-refractivity contribution >= 4 is 39.8 Å². The third-order valence-corrected chi connectivity index (χ3v) is 7.39. The standard InChI is InChI=1S/C21H27ClN4O2S/c1-3-12-8-17(20(28)19(12)27)26-11-24-18-16(5-6-23-21(18)26)25-14(4-2)7-13-9-29-10-15(13)22/h5-6,9-12,14,17,19-20,27-28H,3-4,7-8H2,1-2H3,(H,23,25)/t12-,14+,17+,19+,20-/m0/s1. The number of aliphatic hydroxyl groups is 2. The van der Waals surface area contributed by atoms with Gasteiger partial charge in [-0.05, 0) is 42.2 Å². The molecule has 3 aromatic rings. The summed E-state index contributed by atoms with van der Waals surface area (Å²) in [5, 5.41) is 29.4. The summed E-state index contributed by atoms with van der Waals surface area (Å²) in [6.07, 6.45) is 5.34. The molecule has 0 unspecified atom stereocenters. The van der Waals surface area contributed by atoms with E-state index in [1.807, 2.05) is 22.9 Å². The molecular weight excluding hydrogens is 408 g/mol. The Bertz CT molecular complexity index is 975. The van der Waals surface area contributed by atoms with Crippen molar-refractivity contribution in [2.45, 2.75) is 63.8 Å². The predicted molar refractivity (Wildman–Crippen MR) is 118 cm³/mol. The summed E-state index contributed by atoms with van der Waals surface area (Å²) in [5.41, 5.74) is 3.59. The van der Waals surface area contributed by atoms with Crippen molar-refractivity contribution in [3.05, 3.63) is 39.9 Å². The maximum Gasteiger partial charge on any atom is 0.162 e. The predicted octanol–water partition coefficient (Wildman–Crippen LogP) is 4.27. The summed E-state index contributed by atoms with van der Waals surface area (Å²) in [6, 6.07) is 1.95. The van der Waals surface area contributed by atoms with Crippen LogP contribution in [0.15, 0.2) is 29.4 Å². The second-order valence-electron chi connectivity index (χ2n) is 7.83. The van der Waals surface area contributed by atoms with E-state index in [2.05, 4.69) is 27.6 Å². The van der Waals surface area contributed by atoms with Crippen molar-refractivity contribution in [1.82, 2.24) is 14.5 Å². The van der Waals surface area contributed by atoms with Crippen LogP contribution >= 0.6 is 22.9 Å². The highest BCUT2D eigenvalue weighted by molar-refractivity contribution is 7.08. The van der Waals surface area contributed by atoms with E-state index in [9.17, 15) is 10.2 Å². The maximum absolute atomic E-state index is 10.6. The molecule has 3 heterocycles. The number of fused-ring (bicyclic) bond motifs is 1. The lowest BCUT2D eigenvalue weighted by molar-refractivity contribution is 0.00612. The molecule has 4 rings (SSSR count). The highest BCUT2D eigenvalue weighted by atomic mass is 35.5. The summed E-state index contributed by atoms with van der Waals surface area (Å²) in [7, 11) is 0. The number of rotatable bonds is 7. The molecule has 6 nitrogen and oxygen atoms in total. The minimum Gasteiger partial charge on any atom is -0.390 e. The van der Waals surface area contributed by atoms with E-state index in [1.54, 1.807) is 23.9 Å². The lowest BCUT2D eigenvalue weighted by atomic mass is 10.0. The first kappa shape index (κ1) is 20.6. The maximum atomic E-state index is 10.6. The van der Waals surface area contributed by atoms with Gasteiger partial charge in [0.2, 0.25) is 0 Å². The number of nitrogens with zero attached hydrogens (tertiary/aromatic N) is 3. The number of halogens is 1. The van der Waals surface area contributed by atoms with Gasteiger partial charge in [0, 0.05) is 17.6 Å². The Morgan fingerprint density at radius 3 is 2.76 bits per heavy atom. The van der Waals surface area contributed by atoms with Gasteiger partial charge in [-0.15, -0.1) is 0 Å². The molecule has 3 N–H and O–H groups in total. The van der Waals surface area contributed by atoms with E-state index in [-0.39, 0.29) is 18.0 Å². The molecule has 1 fully saturated rings. The molecule has 1 saturated carbocycles. The number of pyridine rings is 1. The number of hydrogen-bond donors (Lipinski definition) is 3. The largest absolute Gasteiger partial charge is 0.390 e. The number of imidazole rings is 1. The Hall–Kier alpha value is -1.67. The highest BCUT2D eigenvalue weighted by Gasteiger charge is 2.42. The van der Waals surface area contributed by atoms with E-state index in [4.69, 9.17) is 11.6 Å². The first-order chi connectivity index (χ1) is 14.0. The van der Waals surface area contributed by atoms with E-state index in [0.29, 0.717) is 0 Å². The molecule has 0 saturated heterocycles. The van der Waals surface area contributed by atoms with Crippen molar-refractivity contribution in [2.75, 3.05) is 5.32 Å². The van der Waals surface area contributed by atoms with Gasteiger partial charge in [0.05, 0.1) is 29.2 Å². The number of nitrogens with one attached hydrogen (secondary N) is 1. The SMILES string of the molecule is CC[C@H](Cc1cscc1Cl)Nc1ccnc2c1ncn2[C@@H]1C[C@H](CC)[C@@H](O)[C@H]1O. The Morgan fingerprint density at radius 2 is 2.10 bits per heavy atom. The molecule has 0 amide bonds. The average molecular weight is 435 g/mol. The van der Waals surface area contributed by atoms with Crippen molar-refractivity contribution < 1.29 is 10.2 Å². The smallest absolute Gasteiger partial charge is 0.162 e. The minimum absolute atomic E-state index is 0.0913. The van der Waals surface area contributed by atoms with Gasteiger partial charge in [0.25, 0.3) is 0 Å². The summed E-state index contributed by atoms with van der Waals surface area (Å²) in [5.74, 6) is 0.0913. The summed E-state index contributed by atoms with van der Waals surface area (Å²) >= 11 is 7.89. The summed E-state index contributed by atoms with van der Waals surface area (Å²) in [4.78, 5) is 9.12. The van der Waals surface area contributed by atoms with Gasteiger partial charge in [0.15, 0.2) is 5.65 Å². The zero-order valence-corrected chi connectivity index (χ0v) is 18.2. The highest BCUT2D eigenvalue weighted by Crippen LogP contribution is 2.38. The van der Waals surface area contributed by atoms with Gasteiger partial charge < -0.3 is 20.1 Å². The Balaban J connectivity index is 1.60. The van der Waals surface area contributed by atoms with Crippen LogP contribution in [0, 0.1) is 5.92 Å². The van der Waals surface area contributed by atoms with Crippen molar-refractivity contribution in [1.29, 1.82) is 0 Å². The first-order valence-corrected chi connectivity index (χ1v) is 11.5. The second kappa shape index (κ2) is 8.60. The van der Waals surface area contributed by atoms with Crippen LogP contribution < -0.4 is 5.32 Å². The molecule has 0 bridgehead atoms. The molecular formula is C21H27ClN4O2S. The van der Waals surface area contributed by atoms with Crippen LogP contribution in [0.3, 0.4) is 0 Å². The van der Waals surface area contributed by atoms with Crippen LogP contribution in [0.1, 0.15) is 44.7 Å². The molecule has 5 atom stereocenters. The molecule has 1 aliphatic carbocycles. The Labute approximate surface area is 179 Å². The molecule has 8 heteroatoms. The van der Waals surface area contributed by atoms with E-state index >= 15 is 0 Å². The number of aliphatic hydroxyl groups excluding tert-OH is 2. The lowest BCUT2D eigenvalue weighted by Gasteiger charge is -2.20. The van der Waals surface area contributed by atoms with Gasteiger partial charge in [-0.25, -0.2) is 9.97 Å². The first-order valence-electron chi connectivity index (χ1n) is 10.2. The fourth-order valence-corrected chi connectivity index (χ4v) is 5.39. The third-order valence-electron chi connectivity index (χ3n) is 6.12. The van der Waals surface area contributed by atoms with Crippen LogP contribution in [0.4, 0.5) is 5.69 Å². The topological polar surface area (TPSA) is 83.2 Å². The Kier molecular flexibility index (Phi) is 6.11. The van der Waals surface area contributed by atoms with Gasteiger partial charge in [-0.3, -0.25) is 0 Å². The molecule has 0 spiro atoms. The third kappa shape index (κ3) is 3.89. The second-order valence-corrected chi connectivity index (χ2v) is 8.98. The van der Waals surface area contributed by atoms with Crippen molar-refractivity contribution in [3.8, 4) is 0 Å². The number of anilines is 1. The normalized spacial score (nSPS) is 25.6. The quantitative estimate of drug-likeness (QED) is 0.517. The molecule has 3 aromatic heterocycles. The van der Waals surface area contributed by atoms with Crippen molar-refractivity contribution in [2.24, 2.45) is 5.92 Å². The molecule has 156 valence electrons. The van der Waals surface area contributed by atoms with Gasteiger partial charge >= 0.3 is 0 Å². The summed E-state index contributed by atoms with van der Waals surface area (Å²) < 4.78 is 1.92. The van der Waals surface area contributed by atoms with Crippen LogP contribution in [0.2, 0.25) is 5.02 Å². The summed E-state index contributed by atoms with van der Waals surface area (Å²) in [6.45, 7) is 4.19. The molecule has 0 radical (unpaired) electrons. The molecule has 0 aromatic carbocycles. The number of thiophene rings is 1. The molecule has 29 heavy (non-hydrogen) atoms. The van der Waals surface area contributed by atoms with Crippen LogP contribution in [0.5, 0.6) is 0 Å². The van der Waals surface area contributed by atoms with Crippen LogP contribution in [0.25, 0.3) is 11.2 Å². The fourth-order valence-electron chi connectivity index (χ4n) is 4.31. The van der Waals surface area contributed by atoms with Crippen molar-refractivity contribution in [3.63, 3.8) is 0 Å². The average Bonchev–Trinajstić information content (AvgIpc) is 3.41. The van der Waals surface area contributed by atoms with Gasteiger partial charge in [0.1, 0.15) is 11.6 Å². The zero-order chi connectivity index (χ0) is 20.5. The van der Waals surface area contributed by atoms with E-state index in [1.165, 1.54) is 0 Å². The van der Waals surface area contributed by atoms with Gasteiger partial charge in [-0.1, -0.05) is 31.9 Å². The Morgan fingerprint density at radius 1 is 1.28 bits per heavy atom. The van der Waals surface area contributed by atoms with E-state index in [0.717, 1.165) is 53.1 Å². The van der Waals surface area contributed by atoms with Crippen LogP contribution in [-0.4, -0.2) is 43.0 Å². The number of hydrogen-bond acceptors (Lipinski definition) is 6. The minimum atomic E-state index is -0.806. The fraction of sp³-hybridized carbons (Fsp3) is 0.524. The van der Waals surface area contributed by atoms with Crippen LogP contribution in [-0.2, 0) is 6.42 Å². The number of aromatic nitrogens is 3. The molecule has 0 aliphatic heterocycles. The van der Waals surface area contributed by atoms with Gasteiger partial charge in [-0.2, -0.15) is 11.3 Å². The lowest BCUT2D eigenvalue weighted by Crippen LogP contribution is -2.29. The monoisotopic (exact) mass is 434 g/mol. The molecule has 1 aliphatic rings.